The van der Waals surface area contributed by atoms with E-state index >= 15 is 0 Å². The molecule has 0 radical (unpaired) electrons. The maximum atomic E-state index is 14.0. The molecule has 1 aromatic heterocycles. The number of hydrogen-bond acceptors (Lipinski definition) is 2. The molecule has 0 saturated carbocycles. The van der Waals surface area contributed by atoms with Crippen LogP contribution in [0.2, 0.25) is 0 Å². The number of H-pyrrole nitrogens is 1. The lowest BCUT2D eigenvalue weighted by molar-refractivity contribution is -0.116. The predicted octanol–water partition coefficient (Wildman–Crippen LogP) is 4.17. The molecule has 2 aromatic carbocycles. The molecule has 3 aromatic rings. The van der Waals surface area contributed by atoms with Crippen molar-refractivity contribution in [1.29, 1.82) is 5.26 Å². The lowest BCUT2D eigenvalue weighted by atomic mass is 10.0. The Kier molecular flexibility index (Phi) is 5.37. The highest BCUT2D eigenvalue weighted by molar-refractivity contribution is 5.92. The molecule has 1 amide bonds. The smallest absolute Gasteiger partial charge is 0.244 e. The van der Waals surface area contributed by atoms with Gasteiger partial charge in [-0.05, 0) is 61.2 Å². The van der Waals surface area contributed by atoms with Crippen LogP contribution in [0.25, 0.3) is 17.0 Å². The molecule has 3 rings (SSSR count). The van der Waals surface area contributed by atoms with Crippen LogP contribution in [0.15, 0.2) is 42.5 Å². The Labute approximate surface area is 157 Å². The molecule has 0 fully saturated rings. The first-order valence-corrected chi connectivity index (χ1v) is 8.72. The van der Waals surface area contributed by atoms with E-state index in [1.807, 2.05) is 13.8 Å². The lowest BCUT2D eigenvalue weighted by Crippen LogP contribution is -2.23. The van der Waals surface area contributed by atoms with Crippen molar-refractivity contribution in [3.8, 4) is 6.07 Å². The van der Waals surface area contributed by atoms with Gasteiger partial charge in [-0.3, -0.25) is 4.79 Å². The van der Waals surface area contributed by atoms with Crippen molar-refractivity contribution in [3.05, 3.63) is 76.2 Å². The summed E-state index contributed by atoms with van der Waals surface area (Å²) in [6, 6.07) is 12.3. The second-order valence-corrected chi connectivity index (χ2v) is 6.45. The summed E-state index contributed by atoms with van der Waals surface area (Å²) in [5.41, 5.74) is 4.91. The van der Waals surface area contributed by atoms with Crippen LogP contribution in [-0.4, -0.2) is 17.4 Å². The zero-order chi connectivity index (χ0) is 19.4. The van der Waals surface area contributed by atoms with Gasteiger partial charge in [0, 0.05) is 23.7 Å². The Morgan fingerprint density at radius 1 is 1.22 bits per heavy atom. The minimum Gasteiger partial charge on any atom is -0.356 e. The van der Waals surface area contributed by atoms with Gasteiger partial charge < -0.3 is 10.3 Å². The van der Waals surface area contributed by atoms with Crippen LogP contribution in [0.1, 0.15) is 27.9 Å². The number of hydrogen-bond donors (Lipinski definition) is 2. The second-order valence-electron chi connectivity index (χ2n) is 6.45. The van der Waals surface area contributed by atoms with Gasteiger partial charge in [0.2, 0.25) is 5.91 Å². The number of carbonyl (C=O) groups is 1. The van der Waals surface area contributed by atoms with Crippen molar-refractivity contribution in [2.75, 3.05) is 6.54 Å². The average molecular weight is 361 g/mol. The number of rotatable bonds is 5. The maximum absolute atomic E-state index is 14.0. The van der Waals surface area contributed by atoms with Gasteiger partial charge in [0.25, 0.3) is 0 Å². The van der Waals surface area contributed by atoms with Crippen LogP contribution in [0, 0.1) is 31.0 Å². The molecule has 27 heavy (non-hydrogen) atoms. The van der Waals surface area contributed by atoms with E-state index in [9.17, 15) is 9.18 Å². The van der Waals surface area contributed by atoms with Crippen molar-refractivity contribution >= 4 is 22.9 Å². The fourth-order valence-electron chi connectivity index (χ4n) is 3.17. The van der Waals surface area contributed by atoms with E-state index in [4.69, 9.17) is 5.26 Å². The SMILES string of the molecule is Cc1[nH]c2c(F)ccc(C)c2c1CCNC(=O)C=Cc1ccc(C#N)cc1. The van der Waals surface area contributed by atoms with Gasteiger partial charge in [-0.1, -0.05) is 18.2 Å². The van der Waals surface area contributed by atoms with Gasteiger partial charge in [0.15, 0.2) is 0 Å². The Morgan fingerprint density at radius 2 is 1.96 bits per heavy atom. The Balaban J connectivity index is 1.63. The third-order valence-corrected chi connectivity index (χ3v) is 4.57. The topological polar surface area (TPSA) is 68.7 Å². The van der Waals surface area contributed by atoms with Crippen molar-refractivity contribution in [2.24, 2.45) is 0 Å². The minimum absolute atomic E-state index is 0.195. The van der Waals surface area contributed by atoms with Crippen LogP contribution in [0.5, 0.6) is 0 Å². The Bertz CT molecular complexity index is 1060. The standard InChI is InChI=1S/C22H20FN3O/c1-14-3-9-19(23)22-21(14)18(15(2)26-22)11-12-25-20(27)10-8-16-4-6-17(13-24)7-5-16/h3-10,26H,11-12H2,1-2H3,(H,25,27). The van der Waals surface area contributed by atoms with E-state index in [-0.39, 0.29) is 11.7 Å². The van der Waals surface area contributed by atoms with Gasteiger partial charge in [0.1, 0.15) is 5.82 Å². The highest BCUT2D eigenvalue weighted by Crippen LogP contribution is 2.27. The van der Waals surface area contributed by atoms with E-state index in [0.717, 1.165) is 27.8 Å². The lowest BCUT2D eigenvalue weighted by Gasteiger charge is -2.05. The first kappa shape index (κ1) is 18.4. The molecular weight excluding hydrogens is 341 g/mol. The first-order chi connectivity index (χ1) is 13.0. The number of amides is 1. The summed E-state index contributed by atoms with van der Waals surface area (Å²) in [6.45, 7) is 4.33. The molecule has 136 valence electrons. The van der Waals surface area contributed by atoms with Gasteiger partial charge in [-0.25, -0.2) is 4.39 Å². The molecule has 4 nitrogen and oxygen atoms in total. The molecule has 0 spiro atoms. The summed E-state index contributed by atoms with van der Waals surface area (Å²) in [5.74, 6) is -0.459. The van der Waals surface area contributed by atoms with E-state index in [2.05, 4.69) is 16.4 Å². The second kappa shape index (κ2) is 7.88. The van der Waals surface area contributed by atoms with Crippen molar-refractivity contribution < 1.29 is 9.18 Å². The molecule has 0 aliphatic carbocycles. The van der Waals surface area contributed by atoms with Crippen LogP contribution in [0.3, 0.4) is 0 Å². The van der Waals surface area contributed by atoms with Crippen LogP contribution < -0.4 is 5.32 Å². The number of aromatic amines is 1. The highest BCUT2D eigenvalue weighted by Gasteiger charge is 2.13. The van der Waals surface area contributed by atoms with E-state index in [1.165, 1.54) is 12.1 Å². The van der Waals surface area contributed by atoms with E-state index in [1.54, 1.807) is 36.4 Å². The highest BCUT2D eigenvalue weighted by atomic mass is 19.1. The molecule has 0 atom stereocenters. The van der Waals surface area contributed by atoms with E-state index < -0.39 is 0 Å². The van der Waals surface area contributed by atoms with E-state index in [0.29, 0.717) is 24.0 Å². The number of nitriles is 1. The third kappa shape index (κ3) is 4.06. The Morgan fingerprint density at radius 3 is 2.67 bits per heavy atom. The van der Waals surface area contributed by atoms with Gasteiger partial charge in [-0.15, -0.1) is 0 Å². The number of nitrogens with one attached hydrogen (secondary N) is 2. The zero-order valence-electron chi connectivity index (χ0n) is 15.3. The van der Waals surface area contributed by atoms with Crippen LogP contribution >= 0.6 is 0 Å². The predicted molar refractivity (Wildman–Crippen MR) is 105 cm³/mol. The minimum atomic E-state index is -0.265. The monoisotopic (exact) mass is 361 g/mol. The number of fused-ring (bicyclic) bond motifs is 1. The summed E-state index contributed by atoms with van der Waals surface area (Å²) < 4.78 is 14.0. The largest absolute Gasteiger partial charge is 0.356 e. The summed E-state index contributed by atoms with van der Waals surface area (Å²) in [6.07, 6.45) is 3.79. The summed E-state index contributed by atoms with van der Waals surface area (Å²) in [4.78, 5) is 15.1. The molecule has 5 heteroatoms. The number of aromatic nitrogens is 1. The van der Waals surface area contributed by atoms with Gasteiger partial charge in [-0.2, -0.15) is 5.26 Å². The molecule has 0 bridgehead atoms. The number of carbonyl (C=O) groups excluding carboxylic acids is 1. The molecule has 0 saturated heterocycles. The number of halogens is 1. The number of aryl methyl sites for hydroxylation is 2. The van der Waals surface area contributed by atoms with Gasteiger partial charge >= 0.3 is 0 Å². The normalized spacial score (nSPS) is 11.0. The van der Waals surface area contributed by atoms with Crippen molar-refractivity contribution in [3.63, 3.8) is 0 Å². The summed E-state index contributed by atoms with van der Waals surface area (Å²) >= 11 is 0. The quantitative estimate of drug-likeness (QED) is 0.670. The van der Waals surface area contributed by atoms with Crippen LogP contribution in [0.4, 0.5) is 4.39 Å². The summed E-state index contributed by atoms with van der Waals surface area (Å²) in [7, 11) is 0. The van der Waals surface area contributed by atoms with Crippen molar-refractivity contribution in [1.82, 2.24) is 10.3 Å². The average Bonchev–Trinajstić information content (AvgIpc) is 3.01. The van der Waals surface area contributed by atoms with Gasteiger partial charge in [0.05, 0.1) is 17.1 Å². The zero-order valence-corrected chi connectivity index (χ0v) is 15.3. The maximum Gasteiger partial charge on any atom is 0.244 e. The fraction of sp³-hybridized carbons (Fsp3) is 0.182. The van der Waals surface area contributed by atoms with Crippen molar-refractivity contribution in [2.45, 2.75) is 20.3 Å². The molecule has 0 aliphatic rings. The molecule has 1 heterocycles. The third-order valence-electron chi connectivity index (χ3n) is 4.57. The molecule has 0 unspecified atom stereocenters. The van der Waals surface area contributed by atoms with Crippen LogP contribution in [-0.2, 0) is 11.2 Å². The fourth-order valence-corrected chi connectivity index (χ4v) is 3.17. The molecule has 2 N–H and O–H groups in total. The first-order valence-electron chi connectivity index (χ1n) is 8.72. The Hall–Kier alpha value is -3.39. The molecule has 0 aliphatic heterocycles. The number of benzene rings is 2. The summed E-state index contributed by atoms with van der Waals surface area (Å²) in [5, 5.41) is 12.5. The number of nitrogens with zero attached hydrogens (tertiary/aromatic N) is 1. The molecular formula is C22H20FN3O.